The predicted molar refractivity (Wildman–Crippen MR) is 68.0 cm³/mol. The van der Waals surface area contributed by atoms with Crippen LogP contribution in [0.3, 0.4) is 0 Å². The summed E-state index contributed by atoms with van der Waals surface area (Å²) in [4.78, 5) is 14.0. The number of para-hydroxylation sites is 1. The molecule has 0 spiro atoms. The fourth-order valence-corrected chi connectivity index (χ4v) is 3.19. The van der Waals surface area contributed by atoms with Gasteiger partial charge in [0.2, 0.25) is 5.91 Å². The Morgan fingerprint density at radius 3 is 2.71 bits per heavy atom. The van der Waals surface area contributed by atoms with Gasteiger partial charge in [0.25, 0.3) is 0 Å². The van der Waals surface area contributed by atoms with E-state index in [-0.39, 0.29) is 17.0 Å². The topological polar surface area (TPSA) is 32.3 Å². The van der Waals surface area contributed by atoms with Gasteiger partial charge in [-0.15, -0.1) is 0 Å². The van der Waals surface area contributed by atoms with E-state index in [2.05, 4.69) is 55.3 Å². The molecule has 1 N–H and O–H groups in total. The van der Waals surface area contributed by atoms with Gasteiger partial charge in [-0.3, -0.25) is 4.79 Å². The van der Waals surface area contributed by atoms with E-state index in [1.165, 1.54) is 11.3 Å². The molecule has 1 atom stereocenters. The summed E-state index contributed by atoms with van der Waals surface area (Å²) < 4.78 is 0. The summed E-state index contributed by atoms with van der Waals surface area (Å²) in [7, 11) is 0. The van der Waals surface area contributed by atoms with Crippen LogP contribution in [0.25, 0.3) is 0 Å². The summed E-state index contributed by atoms with van der Waals surface area (Å²) in [6.07, 6.45) is 0.583. The molecule has 3 rings (SSSR count). The maximum Gasteiger partial charge on any atom is 0.223 e. The number of benzene rings is 1. The lowest BCUT2D eigenvalue weighted by molar-refractivity contribution is -0.125. The highest BCUT2D eigenvalue weighted by atomic mass is 16.2. The quantitative estimate of drug-likeness (QED) is 0.739. The molecule has 0 aromatic heterocycles. The molecule has 17 heavy (non-hydrogen) atoms. The van der Waals surface area contributed by atoms with Crippen LogP contribution in [0.4, 0.5) is 5.69 Å². The van der Waals surface area contributed by atoms with Gasteiger partial charge in [0.05, 0.1) is 0 Å². The minimum Gasteiger partial charge on any atom is -0.347 e. The average molecular weight is 230 g/mol. The summed E-state index contributed by atoms with van der Waals surface area (Å²) in [5.41, 5.74) is 2.22. The number of amides is 1. The Labute approximate surface area is 102 Å². The SMILES string of the molecule is CC1(C)c2ccccc2N2CCC(=O)N[C@@]21C. The molecule has 2 aliphatic heterocycles. The first kappa shape index (κ1) is 10.6. The van der Waals surface area contributed by atoms with Gasteiger partial charge in [-0.2, -0.15) is 0 Å². The maximum absolute atomic E-state index is 11.7. The van der Waals surface area contributed by atoms with Crippen LogP contribution in [-0.4, -0.2) is 18.1 Å². The van der Waals surface area contributed by atoms with E-state index in [1.807, 2.05) is 0 Å². The molecule has 0 unspecified atom stereocenters. The standard InChI is InChI=1S/C14H18N2O/c1-13(2)10-6-4-5-7-11(10)16-9-8-12(17)15-14(13,16)3/h4-7H,8-9H2,1-3H3,(H,15,17)/t14-/m0/s1. The maximum atomic E-state index is 11.7. The molecule has 0 radical (unpaired) electrons. The van der Waals surface area contributed by atoms with Crippen LogP contribution in [0.5, 0.6) is 0 Å². The number of carbonyl (C=O) groups excluding carboxylic acids is 1. The molecule has 3 heteroatoms. The molecule has 2 aliphatic rings. The fraction of sp³-hybridized carbons (Fsp3) is 0.500. The van der Waals surface area contributed by atoms with Crippen molar-refractivity contribution in [3.63, 3.8) is 0 Å². The van der Waals surface area contributed by atoms with Crippen molar-refractivity contribution in [2.45, 2.75) is 38.3 Å². The van der Waals surface area contributed by atoms with Crippen molar-refractivity contribution < 1.29 is 4.79 Å². The summed E-state index contributed by atoms with van der Waals surface area (Å²) >= 11 is 0. The number of carbonyl (C=O) groups is 1. The van der Waals surface area contributed by atoms with Crippen LogP contribution in [0.2, 0.25) is 0 Å². The zero-order valence-corrected chi connectivity index (χ0v) is 10.6. The average Bonchev–Trinajstić information content (AvgIpc) is 2.45. The Balaban J connectivity index is 2.20. The second kappa shape index (κ2) is 3.03. The molecule has 0 bridgehead atoms. The highest BCUT2D eigenvalue weighted by molar-refractivity contribution is 5.82. The summed E-state index contributed by atoms with van der Waals surface area (Å²) in [6, 6.07) is 8.46. The second-order valence-corrected chi connectivity index (χ2v) is 5.66. The molecule has 1 aromatic rings. The number of nitrogens with zero attached hydrogens (tertiary/aromatic N) is 1. The van der Waals surface area contributed by atoms with E-state index in [0.29, 0.717) is 6.42 Å². The number of rotatable bonds is 0. The molecule has 0 saturated carbocycles. The van der Waals surface area contributed by atoms with Crippen LogP contribution in [0.15, 0.2) is 24.3 Å². The van der Waals surface area contributed by atoms with E-state index in [4.69, 9.17) is 0 Å². The predicted octanol–water partition coefficient (Wildman–Crippen LogP) is 2.02. The van der Waals surface area contributed by atoms with Gasteiger partial charge in [0, 0.05) is 24.1 Å². The van der Waals surface area contributed by atoms with E-state index in [9.17, 15) is 4.79 Å². The van der Waals surface area contributed by atoms with Crippen molar-refractivity contribution in [3.8, 4) is 0 Å². The van der Waals surface area contributed by atoms with Gasteiger partial charge in [0.1, 0.15) is 5.66 Å². The first-order valence-electron chi connectivity index (χ1n) is 6.15. The van der Waals surface area contributed by atoms with Gasteiger partial charge in [0.15, 0.2) is 0 Å². The highest BCUT2D eigenvalue weighted by Gasteiger charge is 2.55. The Kier molecular flexibility index (Phi) is 1.90. The molecular formula is C14H18N2O. The van der Waals surface area contributed by atoms with Crippen molar-refractivity contribution in [3.05, 3.63) is 29.8 Å². The summed E-state index contributed by atoms with van der Waals surface area (Å²) in [6.45, 7) is 7.35. The third-order valence-corrected chi connectivity index (χ3v) is 4.57. The highest BCUT2D eigenvalue weighted by Crippen LogP contribution is 2.51. The van der Waals surface area contributed by atoms with Gasteiger partial charge >= 0.3 is 0 Å². The lowest BCUT2D eigenvalue weighted by atomic mass is 9.76. The molecule has 1 saturated heterocycles. The Bertz CT molecular complexity index is 495. The Hall–Kier alpha value is -1.51. The molecule has 1 amide bonds. The largest absolute Gasteiger partial charge is 0.347 e. The minimum absolute atomic E-state index is 0.0698. The monoisotopic (exact) mass is 230 g/mol. The second-order valence-electron chi connectivity index (χ2n) is 5.66. The van der Waals surface area contributed by atoms with Crippen molar-refractivity contribution >= 4 is 11.6 Å². The lowest BCUT2D eigenvalue weighted by Crippen LogP contribution is -2.68. The van der Waals surface area contributed by atoms with E-state index >= 15 is 0 Å². The third-order valence-electron chi connectivity index (χ3n) is 4.57. The summed E-state index contributed by atoms with van der Waals surface area (Å²) in [5, 5.41) is 3.18. The minimum atomic E-state index is -0.300. The van der Waals surface area contributed by atoms with E-state index in [0.717, 1.165) is 6.54 Å². The summed E-state index contributed by atoms with van der Waals surface area (Å²) in [5.74, 6) is 0.157. The molecular weight excluding hydrogens is 212 g/mol. The molecule has 2 heterocycles. The van der Waals surface area contributed by atoms with Crippen LogP contribution in [-0.2, 0) is 10.2 Å². The zero-order chi connectivity index (χ0) is 12.3. The lowest BCUT2D eigenvalue weighted by Gasteiger charge is -2.48. The van der Waals surface area contributed by atoms with Crippen LogP contribution >= 0.6 is 0 Å². The van der Waals surface area contributed by atoms with Crippen molar-refractivity contribution in [2.75, 3.05) is 11.4 Å². The molecule has 3 nitrogen and oxygen atoms in total. The molecule has 1 aromatic carbocycles. The third kappa shape index (κ3) is 1.14. The number of hydrogen-bond acceptors (Lipinski definition) is 2. The van der Waals surface area contributed by atoms with Gasteiger partial charge in [-0.1, -0.05) is 32.0 Å². The van der Waals surface area contributed by atoms with Crippen molar-refractivity contribution in [1.82, 2.24) is 5.32 Å². The van der Waals surface area contributed by atoms with Gasteiger partial charge in [-0.25, -0.2) is 0 Å². The smallest absolute Gasteiger partial charge is 0.223 e. The fourth-order valence-electron chi connectivity index (χ4n) is 3.19. The van der Waals surface area contributed by atoms with Gasteiger partial charge in [-0.05, 0) is 18.6 Å². The number of nitrogens with one attached hydrogen (secondary N) is 1. The Morgan fingerprint density at radius 2 is 1.94 bits per heavy atom. The first-order valence-corrected chi connectivity index (χ1v) is 6.15. The van der Waals surface area contributed by atoms with Crippen molar-refractivity contribution in [1.29, 1.82) is 0 Å². The van der Waals surface area contributed by atoms with Crippen LogP contribution in [0.1, 0.15) is 32.8 Å². The molecule has 1 fully saturated rings. The van der Waals surface area contributed by atoms with E-state index in [1.54, 1.807) is 0 Å². The van der Waals surface area contributed by atoms with Crippen molar-refractivity contribution in [2.24, 2.45) is 0 Å². The van der Waals surface area contributed by atoms with E-state index < -0.39 is 0 Å². The number of fused-ring (bicyclic) bond motifs is 3. The molecule has 0 aliphatic carbocycles. The number of anilines is 1. The van der Waals surface area contributed by atoms with Gasteiger partial charge < -0.3 is 10.2 Å². The number of hydrogen-bond donors (Lipinski definition) is 1. The normalized spacial score (nSPS) is 29.6. The first-order chi connectivity index (χ1) is 7.97. The van der Waals surface area contributed by atoms with Crippen LogP contribution < -0.4 is 10.2 Å². The van der Waals surface area contributed by atoms with Crippen LogP contribution in [0, 0.1) is 0 Å². The molecule has 90 valence electrons. The Morgan fingerprint density at radius 1 is 1.24 bits per heavy atom. The zero-order valence-electron chi connectivity index (χ0n) is 10.6.